The predicted octanol–water partition coefficient (Wildman–Crippen LogP) is 3.19. The molecule has 5 nitrogen and oxygen atoms in total. The maximum Gasteiger partial charge on any atom is 0.260 e. The van der Waals surface area contributed by atoms with E-state index in [1.807, 2.05) is 54.6 Å². The number of benzene rings is 2. The molecule has 3 aromatic rings. The zero-order valence-electron chi connectivity index (χ0n) is 14.5. The van der Waals surface area contributed by atoms with Gasteiger partial charge >= 0.3 is 0 Å². The van der Waals surface area contributed by atoms with Gasteiger partial charge in [-0.15, -0.1) is 0 Å². The molecule has 0 radical (unpaired) electrons. The lowest BCUT2D eigenvalue weighted by Gasteiger charge is -2.09. The number of pyridine rings is 1. The van der Waals surface area contributed by atoms with Gasteiger partial charge in [-0.25, -0.2) is 0 Å². The zero-order valence-corrected chi connectivity index (χ0v) is 14.5. The fraction of sp³-hybridized carbons (Fsp3) is 0.143. The third-order valence-corrected chi connectivity index (χ3v) is 3.89. The fourth-order valence-electron chi connectivity index (χ4n) is 2.54. The van der Waals surface area contributed by atoms with Crippen molar-refractivity contribution >= 4 is 5.91 Å². The van der Waals surface area contributed by atoms with Gasteiger partial charge in [0.25, 0.3) is 11.5 Å². The van der Waals surface area contributed by atoms with Gasteiger partial charge in [0.05, 0.1) is 0 Å². The van der Waals surface area contributed by atoms with E-state index in [4.69, 9.17) is 4.74 Å². The number of aromatic amines is 1. The molecule has 1 aromatic heterocycles. The van der Waals surface area contributed by atoms with E-state index in [1.165, 1.54) is 6.07 Å². The Morgan fingerprint density at radius 2 is 1.77 bits per heavy atom. The molecule has 0 spiro atoms. The highest BCUT2D eigenvalue weighted by Gasteiger charge is 2.10. The highest BCUT2D eigenvalue weighted by atomic mass is 16.5. The molecule has 0 atom stereocenters. The Morgan fingerprint density at radius 3 is 2.54 bits per heavy atom. The van der Waals surface area contributed by atoms with Crippen LogP contribution in [0.5, 0.6) is 5.75 Å². The van der Waals surface area contributed by atoms with Gasteiger partial charge in [-0.1, -0.05) is 42.5 Å². The maximum absolute atomic E-state index is 12.2. The van der Waals surface area contributed by atoms with Gasteiger partial charge in [0.2, 0.25) is 0 Å². The van der Waals surface area contributed by atoms with Crippen molar-refractivity contribution in [3.8, 4) is 5.75 Å². The van der Waals surface area contributed by atoms with Crippen molar-refractivity contribution in [1.29, 1.82) is 0 Å². The number of hydrogen-bond acceptors (Lipinski definition) is 3. The van der Waals surface area contributed by atoms with Gasteiger partial charge in [0.1, 0.15) is 17.9 Å². The molecule has 0 saturated heterocycles. The molecular weight excluding hydrogens is 328 g/mol. The lowest BCUT2D eigenvalue weighted by molar-refractivity contribution is 0.0949. The number of carbonyl (C=O) groups excluding carboxylic acids is 1. The molecule has 132 valence electrons. The fourth-order valence-corrected chi connectivity index (χ4v) is 2.54. The quantitative estimate of drug-likeness (QED) is 0.719. The molecule has 26 heavy (non-hydrogen) atoms. The summed E-state index contributed by atoms with van der Waals surface area (Å²) in [7, 11) is 0. The van der Waals surface area contributed by atoms with E-state index < -0.39 is 5.91 Å². The van der Waals surface area contributed by atoms with Crippen molar-refractivity contribution in [2.75, 3.05) is 0 Å². The van der Waals surface area contributed by atoms with E-state index in [2.05, 4.69) is 10.3 Å². The van der Waals surface area contributed by atoms with Gasteiger partial charge in [0, 0.05) is 12.2 Å². The van der Waals surface area contributed by atoms with Crippen LogP contribution in [0.2, 0.25) is 0 Å². The molecule has 0 aliphatic carbocycles. The van der Waals surface area contributed by atoms with Gasteiger partial charge in [-0.2, -0.15) is 0 Å². The van der Waals surface area contributed by atoms with E-state index in [-0.39, 0.29) is 11.1 Å². The van der Waals surface area contributed by atoms with Crippen LogP contribution in [0, 0.1) is 6.92 Å². The monoisotopic (exact) mass is 348 g/mol. The molecule has 3 rings (SSSR count). The summed E-state index contributed by atoms with van der Waals surface area (Å²) >= 11 is 0. The van der Waals surface area contributed by atoms with E-state index in [0.717, 1.165) is 22.6 Å². The molecule has 5 heteroatoms. The van der Waals surface area contributed by atoms with Crippen LogP contribution in [-0.2, 0) is 13.2 Å². The number of rotatable bonds is 6. The van der Waals surface area contributed by atoms with Crippen LogP contribution < -0.4 is 15.6 Å². The highest BCUT2D eigenvalue weighted by Crippen LogP contribution is 2.12. The third kappa shape index (κ3) is 4.60. The van der Waals surface area contributed by atoms with Crippen LogP contribution in [0.3, 0.4) is 0 Å². The smallest absolute Gasteiger partial charge is 0.260 e. The zero-order chi connectivity index (χ0) is 18.4. The summed E-state index contributed by atoms with van der Waals surface area (Å²) in [5, 5.41) is 2.78. The van der Waals surface area contributed by atoms with Crippen molar-refractivity contribution in [3.63, 3.8) is 0 Å². The molecule has 1 amide bonds. The van der Waals surface area contributed by atoms with Crippen molar-refractivity contribution in [2.24, 2.45) is 0 Å². The second kappa shape index (κ2) is 8.16. The Bertz CT molecular complexity index is 949. The third-order valence-electron chi connectivity index (χ3n) is 3.89. The Morgan fingerprint density at radius 1 is 1.00 bits per heavy atom. The number of para-hydroxylation sites is 1. The molecule has 0 aliphatic rings. The SMILES string of the molecule is Cc1ccc(C(=O)NCc2cccc(COc3ccccc3)c2)c(=O)[nH]1. The molecule has 0 unspecified atom stereocenters. The molecule has 0 aliphatic heterocycles. The lowest BCUT2D eigenvalue weighted by atomic mass is 10.1. The minimum atomic E-state index is -0.391. The molecule has 2 aromatic carbocycles. The number of aromatic nitrogens is 1. The van der Waals surface area contributed by atoms with Crippen molar-refractivity contribution in [3.05, 3.63) is 99.5 Å². The summed E-state index contributed by atoms with van der Waals surface area (Å²) in [5.74, 6) is 0.419. The molecule has 2 N–H and O–H groups in total. The minimum Gasteiger partial charge on any atom is -0.489 e. The number of nitrogens with one attached hydrogen (secondary N) is 2. The number of H-pyrrole nitrogens is 1. The van der Waals surface area contributed by atoms with Crippen molar-refractivity contribution in [2.45, 2.75) is 20.1 Å². The van der Waals surface area contributed by atoms with Gasteiger partial charge in [-0.3, -0.25) is 9.59 Å². The topological polar surface area (TPSA) is 71.2 Å². The average Bonchev–Trinajstić information content (AvgIpc) is 2.66. The molecule has 0 fully saturated rings. The molecular formula is C21H20N2O3. The Hall–Kier alpha value is -3.34. The Balaban J connectivity index is 1.60. The number of carbonyl (C=O) groups is 1. The largest absolute Gasteiger partial charge is 0.489 e. The van der Waals surface area contributed by atoms with Gasteiger partial charge in [0.15, 0.2) is 0 Å². The normalized spacial score (nSPS) is 10.3. The minimum absolute atomic E-state index is 0.110. The highest BCUT2D eigenvalue weighted by molar-refractivity contribution is 5.93. The average molecular weight is 348 g/mol. The first-order valence-electron chi connectivity index (χ1n) is 8.35. The summed E-state index contributed by atoms with van der Waals surface area (Å²) in [6.45, 7) is 2.56. The van der Waals surface area contributed by atoms with E-state index in [9.17, 15) is 9.59 Å². The van der Waals surface area contributed by atoms with Crippen LogP contribution in [0.15, 0.2) is 71.5 Å². The van der Waals surface area contributed by atoms with Crippen LogP contribution >= 0.6 is 0 Å². The Labute approximate surface area is 151 Å². The standard InChI is InChI=1S/C21H20N2O3/c1-15-10-11-19(21(25)23-15)20(24)22-13-16-6-5-7-17(12-16)14-26-18-8-3-2-4-9-18/h2-12H,13-14H2,1H3,(H,22,24)(H,23,25). The second-order valence-corrected chi connectivity index (χ2v) is 5.99. The number of amides is 1. The number of aryl methyl sites for hydroxylation is 1. The van der Waals surface area contributed by atoms with Crippen molar-refractivity contribution < 1.29 is 9.53 Å². The van der Waals surface area contributed by atoms with Gasteiger partial charge in [-0.05, 0) is 42.3 Å². The molecule has 0 saturated carbocycles. The first kappa shape index (κ1) is 17.5. The molecule has 1 heterocycles. The number of ether oxygens (including phenoxy) is 1. The van der Waals surface area contributed by atoms with Crippen LogP contribution in [-0.4, -0.2) is 10.9 Å². The van der Waals surface area contributed by atoms with E-state index >= 15 is 0 Å². The lowest BCUT2D eigenvalue weighted by Crippen LogP contribution is -2.29. The maximum atomic E-state index is 12.2. The van der Waals surface area contributed by atoms with Gasteiger partial charge < -0.3 is 15.0 Å². The Kier molecular flexibility index (Phi) is 5.49. The van der Waals surface area contributed by atoms with Crippen LogP contribution in [0.4, 0.5) is 0 Å². The van der Waals surface area contributed by atoms with Crippen LogP contribution in [0.1, 0.15) is 27.2 Å². The predicted molar refractivity (Wildman–Crippen MR) is 100 cm³/mol. The summed E-state index contributed by atoms with van der Waals surface area (Å²) in [4.78, 5) is 26.7. The van der Waals surface area contributed by atoms with Crippen molar-refractivity contribution in [1.82, 2.24) is 10.3 Å². The number of hydrogen-bond donors (Lipinski definition) is 2. The summed E-state index contributed by atoms with van der Waals surface area (Å²) in [6, 6.07) is 20.6. The summed E-state index contributed by atoms with van der Waals surface area (Å²) in [6.07, 6.45) is 0. The molecule has 0 bridgehead atoms. The van der Waals surface area contributed by atoms with E-state index in [1.54, 1.807) is 13.0 Å². The second-order valence-electron chi connectivity index (χ2n) is 5.99. The van der Waals surface area contributed by atoms with Crippen LogP contribution in [0.25, 0.3) is 0 Å². The summed E-state index contributed by atoms with van der Waals surface area (Å²) in [5.41, 5.74) is 2.40. The summed E-state index contributed by atoms with van der Waals surface area (Å²) < 4.78 is 5.74. The first-order chi connectivity index (χ1) is 12.6. The van der Waals surface area contributed by atoms with E-state index in [0.29, 0.717) is 13.2 Å². The first-order valence-corrected chi connectivity index (χ1v) is 8.35.